The summed E-state index contributed by atoms with van der Waals surface area (Å²) in [5, 5.41) is 0. The molecule has 5 nitrogen and oxygen atoms in total. The van der Waals surface area contributed by atoms with Crippen molar-refractivity contribution >= 4 is 6.03 Å². The zero-order valence-corrected chi connectivity index (χ0v) is 17.6. The van der Waals surface area contributed by atoms with Gasteiger partial charge in [0.2, 0.25) is 0 Å². The van der Waals surface area contributed by atoms with Crippen molar-refractivity contribution in [2.24, 2.45) is 0 Å². The van der Waals surface area contributed by atoms with Crippen LogP contribution in [0.1, 0.15) is 32.1 Å². The second-order valence-electron chi connectivity index (χ2n) is 6.34. The molecule has 2 heterocycles. The molecule has 0 aliphatic carbocycles. The summed E-state index contributed by atoms with van der Waals surface area (Å²) >= 11 is 0. The topological polar surface area (TPSA) is 36.0 Å². The molecule has 2 atom stereocenters. The first-order valence-corrected chi connectivity index (χ1v) is 8.10. The Morgan fingerprint density at radius 3 is 2.59 bits per heavy atom. The zero-order valence-electron chi connectivity index (χ0n) is 14.0. The molecule has 0 bridgehead atoms. The predicted octanol–water partition coefficient (Wildman–Crippen LogP) is 2.00. The number of rotatable bonds is 5. The standard InChI is InChI=1S/C16H29N3O2.Hf/c1-14(12-18-9-5-4-6-10-18)21-13-15-8-7-11-19(15)16(20)17(2)3;/h13-15H,1,4-12H2,2-3H3;/q-2;. The van der Waals surface area contributed by atoms with E-state index in [4.69, 9.17) is 4.74 Å². The summed E-state index contributed by atoms with van der Waals surface area (Å²) in [6.07, 6.45) is 5.87. The molecule has 2 amide bonds. The summed E-state index contributed by atoms with van der Waals surface area (Å²) in [7, 11) is 3.58. The normalized spacial score (nSPS) is 24.0. The second kappa shape index (κ2) is 10.0. The van der Waals surface area contributed by atoms with Gasteiger partial charge in [-0.05, 0) is 38.9 Å². The molecule has 2 saturated heterocycles. The summed E-state index contributed by atoms with van der Waals surface area (Å²) in [6, 6.07) is 0.152. The van der Waals surface area contributed by atoms with Crippen molar-refractivity contribution < 1.29 is 35.4 Å². The van der Waals surface area contributed by atoms with Gasteiger partial charge in [0.15, 0.2) is 0 Å². The molecule has 126 valence electrons. The van der Waals surface area contributed by atoms with Gasteiger partial charge < -0.3 is 26.4 Å². The summed E-state index contributed by atoms with van der Waals surface area (Å²) < 4.78 is 5.80. The number of urea groups is 1. The Morgan fingerprint density at radius 2 is 1.95 bits per heavy atom. The average Bonchev–Trinajstić information content (AvgIpc) is 2.93. The van der Waals surface area contributed by atoms with Gasteiger partial charge in [0.1, 0.15) is 0 Å². The van der Waals surface area contributed by atoms with Crippen LogP contribution in [0.5, 0.6) is 0 Å². The van der Waals surface area contributed by atoms with E-state index in [1.165, 1.54) is 19.3 Å². The molecular weight excluding hydrogens is 445 g/mol. The molecule has 2 rings (SSSR count). The van der Waals surface area contributed by atoms with E-state index in [0.717, 1.165) is 39.0 Å². The molecule has 2 unspecified atom stereocenters. The Labute approximate surface area is 154 Å². The fourth-order valence-corrected chi connectivity index (χ4v) is 3.10. The van der Waals surface area contributed by atoms with Crippen LogP contribution in [0.15, 0.2) is 0 Å². The Bertz CT molecular complexity index is 335. The number of carbonyl (C=O) groups excluding carboxylic acids is 1. The van der Waals surface area contributed by atoms with Crippen LogP contribution >= 0.6 is 0 Å². The van der Waals surface area contributed by atoms with Crippen molar-refractivity contribution in [3.63, 3.8) is 0 Å². The number of ether oxygens (including phenoxy) is 1. The van der Waals surface area contributed by atoms with Gasteiger partial charge >= 0.3 is 6.03 Å². The zero-order chi connectivity index (χ0) is 15.2. The molecule has 2 aliphatic rings. The van der Waals surface area contributed by atoms with Crippen LogP contribution < -0.4 is 0 Å². The molecule has 0 N–H and O–H groups in total. The van der Waals surface area contributed by atoms with Crippen molar-refractivity contribution in [3.05, 3.63) is 13.5 Å². The van der Waals surface area contributed by atoms with Crippen LogP contribution in [-0.4, -0.2) is 73.2 Å². The first-order chi connectivity index (χ1) is 10.1. The molecule has 0 aromatic rings. The molecule has 2 aliphatic heterocycles. The number of likely N-dealkylation sites (tertiary alicyclic amines) is 2. The van der Waals surface area contributed by atoms with E-state index in [2.05, 4.69) is 11.8 Å². The predicted molar refractivity (Wildman–Crippen MR) is 83.6 cm³/mol. The number of hydrogen-bond acceptors (Lipinski definition) is 3. The number of carbonyl (C=O) groups is 1. The minimum absolute atomic E-state index is 0. The summed E-state index contributed by atoms with van der Waals surface area (Å²) in [4.78, 5) is 18.0. The minimum Gasteiger partial charge on any atom is -0.571 e. The summed E-state index contributed by atoms with van der Waals surface area (Å²) in [6.45, 7) is 9.93. The largest absolute Gasteiger partial charge is 0.571 e. The number of hydrogen-bond donors (Lipinski definition) is 0. The van der Waals surface area contributed by atoms with Gasteiger partial charge in [-0.1, -0.05) is 25.0 Å². The van der Waals surface area contributed by atoms with Gasteiger partial charge in [-0.25, -0.2) is 4.79 Å². The average molecular weight is 474 g/mol. The Balaban J connectivity index is 0.00000242. The molecule has 0 aromatic heterocycles. The van der Waals surface area contributed by atoms with E-state index in [9.17, 15) is 4.79 Å². The van der Waals surface area contributed by atoms with Gasteiger partial charge in [-0.2, -0.15) is 6.61 Å². The van der Waals surface area contributed by atoms with Crippen molar-refractivity contribution in [2.45, 2.75) is 44.2 Å². The quantitative estimate of drug-likeness (QED) is 0.453. The summed E-state index contributed by atoms with van der Waals surface area (Å²) in [5.41, 5.74) is 0. The van der Waals surface area contributed by atoms with Gasteiger partial charge in [-0.15, -0.1) is 0 Å². The Morgan fingerprint density at radius 1 is 1.27 bits per heavy atom. The van der Waals surface area contributed by atoms with Crippen molar-refractivity contribution in [1.82, 2.24) is 14.7 Å². The van der Waals surface area contributed by atoms with Crippen molar-refractivity contribution in [1.29, 1.82) is 0 Å². The van der Waals surface area contributed by atoms with Gasteiger partial charge in [0.05, 0.1) is 0 Å². The first-order valence-electron chi connectivity index (χ1n) is 8.10. The number of nitrogens with zero attached hydrogens (tertiary/aromatic N) is 3. The van der Waals surface area contributed by atoms with Crippen LogP contribution in [0.3, 0.4) is 0 Å². The second-order valence-corrected chi connectivity index (χ2v) is 6.34. The molecule has 0 aromatic carbocycles. The Kier molecular flexibility index (Phi) is 9.17. The summed E-state index contributed by atoms with van der Waals surface area (Å²) in [5.74, 6) is 0. The van der Waals surface area contributed by atoms with Crippen LogP contribution in [0.4, 0.5) is 4.79 Å². The fraction of sp³-hybridized carbons (Fsp3) is 0.812. The molecule has 0 spiro atoms. The van der Waals surface area contributed by atoms with Crippen LogP contribution in [0.2, 0.25) is 0 Å². The van der Waals surface area contributed by atoms with E-state index >= 15 is 0 Å². The van der Waals surface area contributed by atoms with E-state index in [1.54, 1.807) is 19.0 Å². The number of piperidine rings is 1. The SMILES string of the molecule is [CH2-]C(CN1CCCCC1)O[CH-]C1CCCN1C(=O)N(C)C.[Hf]. The van der Waals surface area contributed by atoms with E-state index in [1.807, 2.05) is 11.5 Å². The van der Waals surface area contributed by atoms with Crippen molar-refractivity contribution in [3.8, 4) is 0 Å². The Hall–Kier alpha value is 0.0601. The van der Waals surface area contributed by atoms with Crippen molar-refractivity contribution in [2.75, 3.05) is 40.3 Å². The maximum Gasteiger partial charge on any atom is 0.317 e. The van der Waals surface area contributed by atoms with Gasteiger partial charge in [0.25, 0.3) is 0 Å². The fourth-order valence-electron chi connectivity index (χ4n) is 3.10. The van der Waals surface area contributed by atoms with E-state index in [-0.39, 0.29) is 44.0 Å². The van der Waals surface area contributed by atoms with Crippen LogP contribution in [0.25, 0.3) is 0 Å². The van der Waals surface area contributed by atoms with E-state index < -0.39 is 0 Å². The maximum absolute atomic E-state index is 12.1. The molecule has 6 heteroatoms. The third kappa shape index (κ3) is 5.93. The van der Waals surface area contributed by atoms with E-state index in [0.29, 0.717) is 0 Å². The first kappa shape index (κ1) is 20.1. The number of amides is 2. The van der Waals surface area contributed by atoms with Gasteiger partial charge in [-0.3, -0.25) is 0 Å². The van der Waals surface area contributed by atoms with Gasteiger partial charge in [0, 0.05) is 46.5 Å². The molecule has 22 heavy (non-hydrogen) atoms. The maximum atomic E-state index is 12.1. The van der Waals surface area contributed by atoms with Crippen LogP contribution in [-0.2, 0) is 30.6 Å². The van der Waals surface area contributed by atoms with Crippen LogP contribution in [0, 0.1) is 13.5 Å². The third-order valence-electron chi connectivity index (χ3n) is 4.27. The molecule has 0 radical (unpaired) electrons. The molecular formula is C16H29HfN3O2-2. The minimum atomic E-state index is -0.0555. The molecule has 2 fully saturated rings. The smallest absolute Gasteiger partial charge is 0.317 e. The molecule has 0 saturated carbocycles. The third-order valence-corrected chi connectivity index (χ3v) is 4.27. The monoisotopic (exact) mass is 475 g/mol.